The SMILES string of the molecule is CCC[C@]1(CN)C[C@H]1CO. The van der Waals surface area contributed by atoms with Gasteiger partial charge in [0, 0.05) is 6.61 Å². The number of aliphatic hydroxyl groups is 1. The van der Waals surface area contributed by atoms with E-state index in [1.54, 1.807) is 0 Å². The Morgan fingerprint density at radius 1 is 1.70 bits per heavy atom. The first-order valence-corrected chi connectivity index (χ1v) is 4.10. The van der Waals surface area contributed by atoms with Gasteiger partial charge in [-0.05, 0) is 30.7 Å². The summed E-state index contributed by atoms with van der Waals surface area (Å²) in [6.45, 7) is 3.26. The zero-order valence-electron chi connectivity index (χ0n) is 6.64. The molecule has 0 radical (unpaired) electrons. The van der Waals surface area contributed by atoms with E-state index in [0.717, 1.165) is 13.0 Å². The molecule has 1 fully saturated rings. The van der Waals surface area contributed by atoms with E-state index < -0.39 is 0 Å². The van der Waals surface area contributed by atoms with Crippen molar-refractivity contribution >= 4 is 0 Å². The summed E-state index contributed by atoms with van der Waals surface area (Å²) in [4.78, 5) is 0. The van der Waals surface area contributed by atoms with Crippen LogP contribution in [0.15, 0.2) is 0 Å². The Morgan fingerprint density at radius 2 is 2.40 bits per heavy atom. The number of hydrogen-bond donors (Lipinski definition) is 2. The van der Waals surface area contributed by atoms with Gasteiger partial charge in [0.05, 0.1) is 0 Å². The number of rotatable bonds is 4. The van der Waals surface area contributed by atoms with Gasteiger partial charge < -0.3 is 10.8 Å². The molecule has 3 N–H and O–H groups in total. The average molecular weight is 143 g/mol. The zero-order valence-corrected chi connectivity index (χ0v) is 6.64. The fraction of sp³-hybridized carbons (Fsp3) is 1.00. The minimum absolute atomic E-state index is 0.331. The molecule has 0 spiro atoms. The number of aliphatic hydroxyl groups excluding tert-OH is 1. The van der Waals surface area contributed by atoms with Crippen LogP contribution in [-0.2, 0) is 0 Å². The smallest absolute Gasteiger partial charge is 0.0465 e. The highest BCUT2D eigenvalue weighted by Crippen LogP contribution is 2.54. The van der Waals surface area contributed by atoms with Crippen LogP contribution in [0.3, 0.4) is 0 Å². The second kappa shape index (κ2) is 2.89. The lowest BCUT2D eigenvalue weighted by atomic mass is 9.98. The van der Waals surface area contributed by atoms with Gasteiger partial charge >= 0.3 is 0 Å². The lowest BCUT2D eigenvalue weighted by Gasteiger charge is -2.11. The normalized spacial score (nSPS) is 38.1. The van der Waals surface area contributed by atoms with Gasteiger partial charge in [0.25, 0.3) is 0 Å². The van der Waals surface area contributed by atoms with Crippen molar-refractivity contribution in [2.45, 2.75) is 26.2 Å². The molecular formula is C8H17NO. The molecule has 0 aliphatic heterocycles. The maximum atomic E-state index is 8.84. The summed E-state index contributed by atoms with van der Waals surface area (Å²) in [5, 5.41) is 8.84. The van der Waals surface area contributed by atoms with Crippen LogP contribution < -0.4 is 5.73 Å². The minimum atomic E-state index is 0.331. The molecule has 2 nitrogen and oxygen atoms in total. The predicted molar refractivity (Wildman–Crippen MR) is 41.6 cm³/mol. The number of hydrogen-bond acceptors (Lipinski definition) is 2. The van der Waals surface area contributed by atoms with Crippen molar-refractivity contribution in [1.29, 1.82) is 0 Å². The van der Waals surface area contributed by atoms with E-state index in [1.165, 1.54) is 12.8 Å². The molecule has 1 aliphatic rings. The summed E-state index contributed by atoms with van der Waals surface area (Å²) >= 11 is 0. The summed E-state index contributed by atoms with van der Waals surface area (Å²) in [6, 6.07) is 0. The molecule has 60 valence electrons. The van der Waals surface area contributed by atoms with Crippen LogP contribution in [0.5, 0.6) is 0 Å². The highest BCUT2D eigenvalue weighted by atomic mass is 16.3. The Balaban J connectivity index is 2.34. The van der Waals surface area contributed by atoms with Crippen molar-refractivity contribution in [2.24, 2.45) is 17.1 Å². The first kappa shape index (κ1) is 8.02. The van der Waals surface area contributed by atoms with Gasteiger partial charge in [-0.2, -0.15) is 0 Å². The van der Waals surface area contributed by atoms with E-state index >= 15 is 0 Å². The molecule has 0 heterocycles. The van der Waals surface area contributed by atoms with Crippen molar-refractivity contribution < 1.29 is 5.11 Å². The van der Waals surface area contributed by atoms with Crippen LogP contribution in [0.2, 0.25) is 0 Å². The molecule has 2 heteroatoms. The summed E-state index contributed by atoms with van der Waals surface area (Å²) in [6.07, 6.45) is 3.52. The molecule has 0 bridgehead atoms. The van der Waals surface area contributed by atoms with Crippen molar-refractivity contribution in [3.05, 3.63) is 0 Å². The standard InChI is InChI=1S/C8H17NO/c1-2-3-8(6-9)4-7(8)5-10/h7,10H,2-6,9H2,1H3/t7-,8+/m0/s1. The van der Waals surface area contributed by atoms with Gasteiger partial charge in [-0.1, -0.05) is 13.3 Å². The van der Waals surface area contributed by atoms with E-state index in [0.29, 0.717) is 17.9 Å². The minimum Gasteiger partial charge on any atom is -0.396 e. The number of nitrogens with two attached hydrogens (primary N) is 1. The Kier molecular flexibility index (Phi) is 2.32. The Morgan fingerprint density at radius 3 is 2.70 bits per heavy atom. The van der Waals surface area contributed by atoms with Crippen LogP contribution >= 0.6 is 0 Å². The molecule has 0 unspecified atom stereocenters. The lowest BCUT2D eigenvalue weighted by Crippen LogP contribution is -2.18. The molecule has 10 heavy (non-hydrogen) atoms. The predicted octanol–water partition coefficient (Wildman–Crippen LogP) is 0.744. The molecule has 2 atom stereocenters. The first-order valence-electron chi connectivity index (χ1n) is 4.10. The van der Waals surface area contributed by atoms with E-state index in [1.807, 2.05) is 0 Å². The average Bonchev–Trinajstić information content (AvgIpc) is 2.65. The Bertz CT molecular complexity index is 116. The third-order valence-electron chi connectivity index (χ3n) is 2.73. The topological polar surface area (TPSA) is 46.2 Å². The third-order valence-corrected chi connectivity index (χ3v) is 2.73. The monoisotopic (exact) mass is 143 g/mol. The Hall–Kier alpha value is -0.0800. The molecule has 1 saturated carbocycles. The molecule has 0 amide bonds. The molecule has 0 saturated heterocycles. The summed E-state index contributed by atoms with van der Waals surface area (Å²) in [7, 11) is 0. The van der Waals surface area contributed by atoms with Crippen molar-refractivity contribution in [1.82, 2.24) is 0 Å². The van der Waals surface area contributed by atoms with Gasteiger partial charge in [0.1, 0.15) is 0 Å². The van der Waals surface area contributed by atoms with Crippen LogP contribution in [0.25, 0.3) is 0 Å². The van der Waals surface area contributed by atoms with Crippen molar-refractivity contribution in [2.75, 3.05) is 13.2 Å². The van der Waals surface area contributed by atoms with Gasteiger partial charge in [0.15, 0.2) is 0 Å². The maximum Gasteiger partial charge on any atom is 0.0465 e. The Labute approximate surface area is 62.4 Å². The van der Waals surface area contributed by atoms with Crippen LogP contribution in [-0.4, -0.2) is 18.3 Å². The second-order valence-electron chi connectivity index (χ2n) is 3.40. The van der Waals surface area contributed by atoms with Gasteiger partial charge in [-0.25, -0.2) is 0 Å². The second-order valence-corrected chi connectivity index (χ2v) is 3.40. The highest BCUT2D eigenvalue weighted by molar-refractivity contribution is 5.02. The molecule has 1 rings (SSSR count). The van der Waals surface area contributed by atoms with Crippen LogP contribution in [0.4, 0.5) is 0 Å². The van der Waals surface area contributed by atoms with E-state index in [-0.39, 0.29) is 0 Å². The fourth-order valence-corrected chi connectivity index (χ4v) is 1.85. The van der Waals surface area contributed by atoms with Crippen LogP contribution in [0, 0.1) is 11.3 Å². The van der Waals surface area contributed by atoms with Gasteiger partial charge in [0.2, 0.25) is 0 Å². The van der Waals surface area contributed by atoms with Crippen molar-refractivity contribution in [3.63, 3.8) is 0 Å². The molecule has 0 aromatic rings. The molecule has 1 aliphatic carbocycles. The fourth-order valence-electron chi connectivity index (χ4n) is 1.85. The summed E-state index contributed by atoms with van der Waals surface area (Å²) in [5.74, 6) is 0.512. The quantitative estimate of drug-likeness (QED) is 0.610. The maximum absolute atomic E-state index is 8.84. The van der Waals surface area contributed by atoms with Gasteiger partial charge in [-0.3, -0.25) is 0 Å². The largest absolute Gasteiger partial charge is 0.396 e. The first-order chi connectivity index (χ1) is 4.79. The highest BCUT2D eigenvalue weighted by Gasteiger charge is 2.51. The summed E-state index contributed by atoms with van der Waals surface area (Å²) in [5.41, 5.74) is 5.95. The summed E-state index contributed by atoms with van der Waals surface area (Å²) < 4.78 is 0. The van der Waals surface area contributed by atoms with Crippen LogP contribution in [0.1, 0.15) is 26.2 Å². The molecule has 0 aromatic carbocycles. The molecular weight excluding hydrogens is 126 g/mol. The third kappa shape index (κ3) is 1.18. The molecule has 0 aromatic heterocycles. The van der Waals surface area contributed by atoms with Gasteiger partial charge in [-0.15, -0.1) is 0 Å². The lowest BCUT2D eigenvalue weighted by molar-refractivity contribution is 0.245. The van der Waals surface area contributed by atoms with E-state index in [4.69, 9.17) is 10.8 Å². The van der Waals surface area contributed by atoms with E-state index in [9.17, 15) is 0 Å². The van der Waals surface area contributed by atoms with Crippen molar-refractivity contribution in [3.8, 4) is 0 Å². The van der Waals surface area contributed by atoms with E-state index in [2.05, 4.69) is 6.92 Å². The zero-order chi connectivity index (χ0) is 7.61.